The van der Waals surface area contributed by atoms with Crippen molar-refractivity contribution in [1.29, 1.82) is 0 Å². The van der Waals surface area contributed by atoms with Crippen LogP contribution in [-0.4, -0.2) is 11.7 Å². The molecule has 1 aliphatic heterocycles. The van der Waals surface area contributed by atoms with Gasteiger partial charge in [0.05, 0.1) is 5.75 Å². The lowest BCUT2D eigenvalue weighted by Gasteiger charge is -2.24. The van der Waals surface area contributed by atoms with Crippen molar-refractivity contribution in [2.45, 2.75) is 5.37 Å². The van der Waals surface area contributed by atoms with Gasteiger partial charge in [0.1, 0.15) is 22.7 Å². The van der Waals surface area contributed by atoms with Crippen LogP contribution in [0.15, 0.2) is 72.8 Å². The monoisotopic (exact) mass is 399 g/mol. The Labute approximate surface area is 165 Å². The smallest absolute Gasteiger partial charge is 0.238 e. The lowest BCUT2D eigenvalue weighted by atomic mass is 10.2. The fourth-order valence-corrected chi connectivity index (χ4v) is 4.22. The SMILES string of the molecule is O=C1CSC(c2cccc(F)c2)N1c1ccc(Oc2ccc(Cl)cc2)cc1. The van der Waals surface area contributed by atoms with Gasteiger partial charge in [-0.05, 0) is 66.2 Å². The highest BCUT2D eigenvalue weighted by Crippen LogP contribution is 2.42. The van der Waals surface area contributed by atoms with Crippen molar-refractivity contribution in [3.8, 4) is 11.5 Å². The number of benzene rings is 3. The van der Waals surface area contributed by atoms with Gasteiger partial charge < -0.3 is 4.74 Å². The summed E-state index contributed by atoms with van der Waals surface area (Å²) in [5, 5.41) is 0.405. The van der Waals surface area contributed by atoms with Crippen LogP contribution in [0.2, 0.25) is 5.02 Å². The Morgan fingerprint density at radius 3 is 2.33 bits per heavy atom. The minimum Gasteiger partial charge on any atom is -0.457 e. The number of rotatable bonds is 4. The number of ether oxygens (including phenoxy) is 1. The van der Waals surface area contributed by atoms with Gasteiger partial charge in [0.25, 0.3) is 0 Å². The number of hydrogen-bond acceptors (Lipinski definition) is 3. The number of thioether (sulfide) groups is 1. The molecule has 0 saturated carbocycles. The third-order valence-corrected chi connectivity index (χ3v) is 5.63. The summed E-state index contributed by atoms with van der Waals surface area (Å²) in [6.45, 7) is 0. The van der Waals surface area contributed by atoms with Gasteiger partial charge in [0, 0.05) is 10.7 Å². The second kappa shape index (κ2) is 7.62. The number of carbonyl (C=O) groups excluding carboxylic acids is 1. The number of hydrogen-bond donors (Lipinski definition) is 0. The summed E-state index contributed by atoms with van der Waals surface area (Å²) in [4.78, 5) is 14.1. The largest absolute Gasteiger partial charge is 0.457 e. The summed E-state index contributed by atoms with van der Waals surface area (Å²) in [6.07, 6.45) is 0. The Balaban J connectivity index is 1.56. The molecule has 136 valence electrons. The van der Waals surface area contributed by atoms with Crippen LogP contribution in [-0.2, 0) is 4.79 Å². The van der Waals surface area contributed by atoms with E-state index in [0.29, 0.717) is 22.3 Å². The standard InChI is InChI=1S/C21H15ClFNO2S/c22-15-4-8-18(9-5-15)26-19-10-6-17(7-11-19)24-20(25)13-27-21(24)14-2-1-3-16(23)12-14/h1-12,21H,13H2. The molecule has 3 nitrogen and oxygen atoms in total. The average Bonchev–Trinajstić information content (AvgIpc) is 3.06. The second-order valence-corrected chi connectivity index (χ2v) is 7.54. The van der Waals surface area contributed by atoms with E-state index in [4.69, 9.17) is 16.3 Å². The third kappa shape index (κ3) is 3.94. The average molecular weight is 400 g/mol. The zero-order valence-corrected chi connectivity index (χ0v) is 15.7. The highest BCUT2D eigenvalue weighted by atomic mass is 35.5. The van der Waals surface area contributed by atoms with E-state index in [9.17, 15) is 9.18 Å². The minimum atomic E-state index is -0.306. The van der Waals surface area contributed by atoms with Gasteiger partial charge in [-0.2, -0.15) is 0 Å². The Hall–Kier alpha value is -2.50. The number of amides is 1. The molecule has 4 rings (SSSR count). The van der Waals surface area contributed by atoms with E-state index >= 15 is 0 Å². The van der Waals surface area contributed by atoms with Gasteiger partial charge in [-0.3, -0.25) is 9.69 Å². The predicted molar refractivity (Wildman–Crippen MR) is 107 cm³/mol. The Morgan fingerprint density at radius 1 is 1.00 bits per heavy atom. The zero-order chi connectivity index (χ0) is 18.8. The van der Waals surface area contributed by atoms with Crippen molar-refractivity contribution in [2.24, 2.45) is 0 Å². The number of nitrogens with zero attached hydrogens (tertiary/aromatic N) is 1. The molecular weight excluding hydrogens is 385 g/mol. The first kappa shape index (κ1) is 17.9. The summed E-state index contributed by atoms with van der Waals surface area (Å²) in [6, 6.07) is 20.8. The van der Waals surface area contributed by atoms with Crippen molar-refractivity contribution < 1.29 is 13.9 Å². The number of halogens is 2. The van der Waals surface area contributed by atoms with Crippen LogP contribution in [0.1, 0.15) is 10.9 Å². The molecule has 0 aliphatic carbocycles. The molecule has 0 aromatic heterocycles. The van der Waals surface area contributed by atoms with E-state index in [0.717, 1.165) is 11.3 Å². The van der Waals surface area contributed by atoms with Crippen LogP contribution in [0.3, 0.4) is 0 Å². The van der Waals surface area contributed by atoms with Gasteiger partial charge in [0.15, 0.2) is 0 Å². The number of carbonyl (C=O) groups is 1. The van der Waals surface area contributed by atoms with Crippen LogP contribution < -0.4 is 9.64 Å². The van der Waals surface area contributed by atoms with E-state index in [2.05, 4.69) is 0 Å². The molecule has 1 atom stereocenters. The molecule has 1 fully saturated rings. The predicted octanol–water partition coefficient (Wildman–Crippen LogP) is 6.05. The summed E-state index contributed by atoms with van der Waals surface area (Å²) in [7, 11) is 0. The fraction of sp³-hybridized carbons (Fsp3) is 0.0952. The highest BCUT2D eigenvalue weighted by Gasteiger charge is 2.34. The Morgan fingerprint density at radius 2 is 1.67 bits per heavy atom. The van der Waals surface area contributed by atoms with Gasteiger partial charge >= 0.3 is 0 Å². The second-order valence-electron chi connectivity index (χ2n) is 6.03. The van der Waals surface area contributed by atoms with Crippen molar-refractivity contribution >= 4 is 35.0 Å². The van der Waals surface area contributed by atoms with Crippen LogP contribution in [0.25, 0.3) is 0 Å². The topological polar surface area (TPSA) is 29.5 Å². The van der Waals surface area contributed by atoms with Gasteiger partial charge in [0.2, 0.25) is 5.91 Å². The normalized spacial score (nSPS) is 16.6. The molecular formula is C21H15ClFNO2S. The van der Waals surface area contributed by atoms with Crippen LogP contribution >= 0.6 is 23.4 Å². The van der Waals surface area contributed by atoms with E-state index in [1.807, 2.05) is 30.3 Å². The molecule has 3 aromatic rings. The van der Waals surface area contributed by atoms with E-state index in [1.165, 1.54) is 23.9 Å². The maximum atomic E-state index is 13.6. The minimum absolute atomic E-state index is 0.000584. The summed E-state index contributed by atoms with van der Waals surface area (Å²) in [5.41, 5.74) is 1.52. The zero-order valence-electron chi connectivity index (χ0n) is 14.1. The quantitative estimate of drug-likeness (QED) is 0.534. The lowest BCUT2D eigenvalue weighted by molar-refractivity contribution is -0.115. The fourth-order valence-electron chi connectivity index (χ4n) is 2.92. The first-order chi connectivity index (χ1) is 13.1. The van der Waals surface area contributed by atoms with Crippen molar-refractivity contribution in [1.82, 2.24) is 0 Å². The van der Waals surface area contributed by atoms with Crippen LogP contribution in [0.4, 0.5) is 10.1 Å². The lowest BCUT2D eigenvalue weighted by Crippen LogP contribution is -2.27. The first-order valence-corrected chi connectivity index (χ1v) is 9.75. The van der Waals surface area contributed by atoms with E-state index in [1.54, 1.807) is 35.2 Å². The van der Waals surface area contributed by atoms with Crippen LogP contribution in [0.5, 0.6) is 11.5 Å². The summed E-state index contributed by atoms with van der Waals surface area (Å²) >= 11 is 7.37. The maximum absolute atomic E-state index is 13.6. The molecule has 1 unspecified atom stereocenters. The molecule has 1 saturated heterocycles. The van der Waals surface area contributed by atoms with Crippen molar-refractivity contribution in [3.63, 3.8) is 0 Å². The highest BCUT2D eigenvalue weighted by molar-refractivity contribution is 8.00. The summed E-state index contributed by atoms with van der Waals surface area (Å²) < 4.78 is 19.4. The maximum Gasteiger partial charge on any atom is 0.238 e. The molecule has 6 heteroatoms. The molecule has 0 spiro atoms. The van der Waals surface area contributed by atoms with Gasteiger partial charge in [-0.25, -0.2) is 4.39 Å². The molecule has 27 heavy (non-hydrogen) atoms. The molecule has 1 aliphatic rings. The van der Waals surface area contributed by atoms with Crippen molar-refractivity contribution in [2.75, 3.05) is 10.7 Å². The third-order valence-electron chi connectivity index (χ3n) is 4.17. The molecule has 0 bridgehead atoms. The van der Waals surface area contributed by atoms with Crippen molar-refractivity contribution in [3.05, 3.63) is 89.2 Å². The molecule has 0 radical (unpaired) electrons. The molecule has 0 N–H and O–H groups in total. The van der Waals surface area contributed by atoms with E-state index in [-0.39, 0.29) is 17.1 Å². The van der Waals surface area contributed by atoms with Crippen LogP contribution in [0, 0.1) is 5.82 Å². The summed E-state index contributed by atoms with van der Waals surface area (Å²) in [5.74, 6) is 1.39. The van der Waals surface area contributed by atoms with E-state index < -0.39 is 0 Å². The molecule has 1 amide bonds. The first-order valence-electron chi connectivity index (χ1n) is 8.33. The molecule has 1 heterocycles. The molecule has 3 aromatic carbocycles. The van der Waals surface area contributed by atoms with Gasteiger partial charge in [-0.15, -0.1) is 11.8 Å². The van der Waals surface area contributed by atoms with Gasteiger partial charge in [-0.1, -0.05) is 23.7 Å². The Bertz CT molecular complexity index is 963. The Kier molecular flexibility index (Phi) is 5.05. The number of anilines is 1.